The Morgan fingerprint density at radius 2 is 2.10 bits per heavy atom. The van der Waals surface area contributed by atoms with Crippen molar-refractivity contribution < 1.29 is 9.90 Å². The zero-order chi connectivity index (χ0) is 14.5. The molecule has 1 aromatic rings. The third-order valence-electron chi connectivity index (χ3n) is 3.53. The van der Waals surface area contributed by atoms with Crippen molar-refractivity contribution in [3.05, 3.63) is 15.6 Å². The fourth-order valence-corrected chi connectivity index (χ4v) is 4.85. The molecular weight excluding hydrogens is 290 g/mol. The van der Waals surface area contributed by atoms with Gasteiger partial charge in [0.05, 0.1) is 5.69 Å². The number of thiazole rings is 1. The Hall–Kier alpha value is -0.550. The monoisotopic (exact) mass is 313 g/mol. The van der Waals surface area contributed by atoms with E-state index < -0.39 is 5.97 Å². The van der Waals surface area contributed by atoms with Gasteiger partial charge in [-0.25, -0.2) is 9.78 Å². The minimum atomic E-state index is -0.827. The molecule has 1 heterocycles. The van der Waals surface area contributed by atoms with Crippen molar-refractivity contribution in [1.29, 1.82) is 0 Å². The van der Waals surface area contributed by atoms with Gasteiger partial charge < -0.3 is 5.11 Å². The molecule has 0 saturated heterocycles. The lowest BCUT2D eigenvalue weighted by Crippen LogP contribution is -2.08. The second-order valence-corrected chi connectivity index (χ2v) is 8.23. The maximum Gasteiger partial charge on any atom is 0.347 e. The molecule has 1 saturated carbocycles. The highest BCUT2D eigenvalue weighted by Gasteiger charge is 2.19. The highest BCUT2D eigenvalue weighted by molar-refractivity contribution is 7.99. The SMILES string of the molecule is CC(C)Cc1nc(CSC2CCCCC2)sc1C(=O)O. The van der Waals surface area contributed by atoms with Gasteiger partial charge in [0.2, 0.25) is 0 Å². The number of aromatic carboxylic acids is 1. The third kappa shape index (κ3) is 4.48. The van der Waals surface area contributed by atoms with E-state index in [1.807, 2.05) is 11.8 Å². The fourth-order valence-electron chi connectivity index (χ4n) is 2.58. The van der Waals surface area contributed by atoms with Crippen LogP contribution in [0.15, 0.2) is 0 Å². The minimum absolute atomic E-state index is 0.439. The molecule has 1 N–H and O–H groups in total. The second-order valence-electron chi connectivity index (χ2n) is 5.86. The van der Waals surface area contributed by atoms with Crippen molar-refractivity contribution in [2.75, 3.05) is 0 Å². The Morgan fingerprint density at radius 3 is 2.70 bits per heavy atom. The van der Waals surface area contributed by atoms with E-state index in [9.17, 15) is 9.90 Å². The molecule has 20 heavy (non-hydrogen) atoms. The molecular formula is C15H23NO2S2. The van der Waals surface area contributed by atoms with E-state index in [4.69, 9.17) is 0 Å². The smallest absolute Gasteiger partial charge is 0.347 e. The Balaban J connectivity index is 1.98. The van der Waals surface area contributed by atoms with E-state index >= 15 is 0 Å². The number of aromatic nitrogens is 1. The summed E-state index contributed by atoms with van der Waals surface area (Å²) in [6.45, 7) is 4.20. The van der Waals surface area contributed by atoms with E-state index in [2.05, 4.69) is 18.8 Å². The largest absolute Gasteiger partial charge is 0.477 e. The molecule has 0 atom stereocenters. The zero-order valence-corrected chi connectivity index (χ0v) is 13.9. The number of rotatable bonds is 6. The van der Waals surface area contributed by atoms with Gasteiger partial charge in [0, 0.05) is 11.0 Å². The number of carboxylic acids is 1. The third-order valence-corrected chi connectivity index (χ3v) is 6.18. The molecule has 1 aromatic heterocycles. The Bertz CT molecular complexity index is 451. The van der Waals surface area contributed by atoms with Crippen molar-refractivity contribution in [2.45, 2.75) is 63.4 Å². The van der Waals surface area contributed by atoms with Crippen molar-refractivity contribution in [2.24, 2.45) is 5.92 Å². The molecule has 0 aromatic carbocycles. The van der Waals surface area contributed by atoms with Gasteiger partial charge in [-0.1, -0.05) is 33.1 Å². The van der Waals surface area contributed by atoms with Crippen molar-refractivity contribution >= 4 is 29.1 Å². The molecule has 3 nitrogen and oxygen atoms in total. The number of carboxylic acid groups (broad SMARTS) is 1. The summed E-state index contributed by atoms with van der Waals surface area (Å²) in [4.78, 5) is 16.3. The first kappa shape index (κ1) is 15.8. The topological polar surface area (TPSA) is 50.2 Å². The van der Waals surface area contributed by atoms with E-state index in [0.717, 1.165) is 28.1 Å². The Morgan fingerprint density at radius 1 is 1.40 bits per heavy atom. The van der Waals surface area contributed by atoms with Crippen LogP contribution in [0.2, 0.25) is 0 Å². The summed E-state index contributed by atoms with van der Waals surface area (Å²) in [6, 6.07) is 0. The van der Waals surface area contributed by atoms with Crippen LogP contribution in [0.4, 0.5) is 0 Å². The summed E-state index contributed by atoms with van der Waals surface area (Å²) in [5.74, 6) is 0.481. The predicted molar refractivity (Wildman–Crippen MR) is 85.8 cm³/mol. The minimum Gasteiger partial charge on any atom is -0.477 e. The van der Waals surface area contributed by atoms with Crippen LogP contribution >= 0.6 is 23.1 Å². The number of hydrogen-bond donors (Lipinski definition) is 1. The lowest BCUT2D eigenvalue weighted by molar-refractivity contribution is 0.0700. The summed E-state index contributed by atoms with van der Waals surface area (Å²) >= 11 is 3.32. The molecule has 0 spiro atoms. The van der Waals surface area contributed by atoms with Crippen LogP contribution in [-0.2, 0) is 12.2 Å². The molecule has 0 amide bonds. The molecule has 1 fully saturated rings. The van der Waals surface area contributed by atoms with Gasteiger partial charge in [0.25, 0.3) is 0 Å². The van der Waals surface area contributed by atoms with Crippen LogP contribution in [0.1, 0.15) is 66.3 Å². The first-order chi connectivity index (χ1) is 9.56. The molecule has 0 radical (unpaired) electrons. The molecule has 0 unspecified atom stereocenters. The Kier molecular flexibility index (Phi) is 5.90. The van der Waals surface area contributed by atoms with Gasteiger partial charge in [-0.2, -0.15) is 11.8 Å². The van der Waals surface area contributed by atoms with Crippen LogP contribution in [-0.4, -0.2) is 21.3 Å². The van der Waals surface area contributed by atoms with Gasteiger partial charge in [-0.15, -0.1) is 11.3 Å². The number of nitrogens with zero attached hydrogens (tertiary/aromatic N) is 1. The average Bonchev–Trinajstić information content (AvgIpc) is 2.80. The van der Waals surface area contributed by atoms with Crippen LogP contribution in [0, 0.1) is 5.92 Å². The predicted octanol–water partition coefficient (Wildman–Crippen LogP) is 4.61. The maximum absolute atomic E-state index is 11.3. The highest BCUT2D eigenvalue weighted by atomic mass is 32.2. The highest BCUT2D eigenvalue weighted by Crippen LogP contribution is 2.32. The standard InChI is InChI=1S/C15H23NO2S2/c1-10(2)8-12-14(15(17)18)20-13(16-12)9-19-11-6-4-3-5-7-11/h10-11H,3-9H2,1-2H3,(H,17,18). The summed E-state index contributed by atoms with van der Waals surface area (Å²) < 4.78 is 0. The average molecular weight is 313 g/mol. The summed E-state index contributed by atoms with van der Waals surface area (Å²) in [7, 11) is 0. The van der Waals surface area contributed by atoms with Crippen molar-refractivity contribution in [3.8, 4) is 0 Å². The van der Waals surface area contributed by atoms with Gasteiger partial charge in [0.15, 0.2) is 0 Å². The quantitative estimate of drug-likeness (QED) is 0.833. The first-order valence-corrected chi connectivity index (χ1v) is 9.26. The van der Waals surface area contributed by atoms with Gasteiger partial charge in [-0.3, -0.25) is 0 Å². The van der Waals surface area contributed by atoms with E-state index in [-0.39, 0.29) is 0 Å². The van der Waals surface area contributed by atoms with Crippen LogP contribution in [0.5, 0.6) is 0 Å². The number of hydrogen-bond acceptors (Lipinski definition) is 4. The fraction of sp³-hybridized carbons (Fsp3) is 0.733. The summed E-state index contributed by atoms with van der Waals surface area (Å²) in [6.07, 6.45) is 7.42. The lowest BCUT2D eigenvalue weighted by atomic mass is 10.0. The summed E-state index contributed by atoms with van der Waals surface area (Å²) in [5.41, 5.74) is 0.775. The lowest BCUT2D eigenvalue weighted by Gasteiger charge is -2.20. The van der Waals surface area contributed by atoms with E-state index in [1.165, 1.54) is 43.4 Å². The first-order valence-electron chi connectivity index (χ1n) is 7.39. The molecule has 1 aliphatic carbocycles. The van der Waals surface area contributed by atoms with Crippen molar-refractivity contribution in [1.82, 2.24) is 4.98 Å². The zero-order valence-electron chi connectivity index (χ0n) is 12.2. The van der Waals surface area contributed by atoms with Crippen molar-refractivity contribution in [3.63, 3.8) is 0 Å². The molecule has 1 aliphatic rings. The van der Waals surface area contributed by atoms with Crippen LogP contribution < -0.4 is 0 Å². The molecule has 112 valence electrons. The maximum atomic E-state index is 11.3. The Labute approximate surface area is 129 Å². The van der Waals surface area contributed by atoms with E-state index in [1.54, 1.807) is 0 Å². The molecule has 0 aliphatic heterocycles. The number of thioether (sulfide) groups is 1. The van der Waals surface area contributed by atoms with Crippen LogP contribution in [0.25, 0.3) is 0 Å². The second kappa shape index (κ2) is 7.46. The van der Waals surface area contributed by atoms with Crippen LogP contribution in [0.3, 0.4) is 0 Å². The molecule has 0 bridgehead atoms. The van der Waals surface area contributed by atoms with E-state index in [0.29, 0.717) is 10.8 Å². The van der Waals surface area contributed by atoms with Gasteiger partial charge in [-0.05, 0) is 25.2 Å². The normalized spacial score (nSPS) is 16.8. The van der Waals surface area contributed by atoms with Gasteiger partial charge >= 0.3 is 5.97 Å². The van der Waals surface area contributed by atoms with Gasteiger partial charge in [0.1, 0.15) is 9.88 Å². The molecule has 2 rings (SSSR count). The molecule has 5 heteroatoms. The summed E-state index contributed by atoms with van der Waals surface area (Å²) in [5, 5.41) is 11.0. The number of carbonyl (C=O) groups is 1.